The standard InChI is InChI=1S/C14H14F3N3O2/c1-8-2-3-10(18)12-9(8)4-5-20(13(12)22)6-11(21)19-7-14(15,16)17/h2-5H,6-7,18H2,1H3,(H,19,21). The van der Waals surface area contributed by atoms with Crippen LogP contribution >= 0.6 is 0 Å². The Morgan fingerprint density at radius 1 is 1.32 bits per heavy atom. The van der Waals surface area contributed by atoms with Gasteiger partial charge in [-0.2, -0.15) is 13.2 Å². The van der Waals surface area contributed by atoms with Gasteiger partial charge in [0.15, 0.2) is 0 Å². The van der Waals surface area contributed by atoms with Crippen molar-refractivity contribution in [2.45, 2.75) is 19.6 Å². The fraction of sp³-hybridized carbons (Fsp3) is 0.286. The first-order chi connectivity index (χ1) is 10.2. The lowest BCUT2D eigenvalue weighted by molar-refractivity contribution is -0.138. The van der Waals surface area contributed by atoms with Crippen LogP contribution in [0.4, 0.5) is 18.9 Å². The Morgan fingerprint density at radius 2 is 2.00 bits per heavy atom. The van der Waals surface area contributed by atoms with Crippen molar-refractivity contribution in [2.75, 3.05) is 12.3 Å². The summed E-state index contributed by atoms with van der Waals surface area (Å²) >= 11 is 0. The zero-order valence-corrected chi connectivity index (χ0v) is 11.7. The molecule has 0 bridgehead atoms. The minimum Gasteiger partial charge on any atom is -0.398 e. The third-order valence-electron chi connectivity index (χ3n) is 3.19. The molecule has 0 atom stereocenters. The maximum absolute atomic E-state index is 12.3. The SMILES string of the molecule is Cc1ccc(N)c2c(=O)n(CC(=O)NCC(F)(F)F)ccc12. The number of aromatic nitrogens is 1. The Hall–Kier alpha value is -2.51. The second-order valence-electron chi connectivity index (χ2n) is 4.90. The van der Waals surface area contributed by atoms with Gasteiger partial charge in [0.25, 0.3) is 5.56 Å². The normalized spacial score (nSPS) is 11.6. The number of rotatable bonds is 3. The summed E-state index contributed by atoms with van der Waals surface area (Å²) in [6.07, 6.45) is -3.13. The first kappa shape index (κ1) is 15.9. The predicted molar refractivity (Wildman–Crippen MR) is 76.4 cm³/mol. The number of amides is 1. The van der Waals surface area contributed by atoms with Crippen molar-refractivity contribution >= 4 is 22.4 Å². The van der Waals surface area contributed by atoms with Gasteiger partial charge >= 0.3 is 6.18 Å². The van der Waals surface area contributed by atoms with Crippen LogP contribution in [0, 0.1) is 6.92 Å². The van der Waals surface area contributed by atoms with Crippen LogP contribution in [0.2, 0.25) is 0 Å². The van der Waals surface area contributed by atoms with Gasteiger partial charge in [0.05, 0.1) is 5.39 Å². The summed E-state index contributed by atoms with van der Waals surface area (Å²) in [5.41, 5.74) is 6.37. The van der Waals surface area contributed by atoms with Crippen molar-refractivity contribution < 1.29 is 18.0 Å². The highest BCUT2D eigenvalue weighted by atomic mass is 19.4. The number of anilines is 1. The molecule has 118 valence electrons. The third kappa shape index (κ3) is 3.38. The summed E-state index contributed by atoms with van der Waals surface area (Å²) in [6.45, 7) is -0.130. The summed E-state index contributed by atoms with van der Waals surface area (Å²) in [6, 6.07) is 4.95. The van der Waals surface area contributed by atoms with Crippen molar-refractivity contribution in [3.63, 3.8) is 0 Å². The van der Waals surface area contributed by atoms with E-state index in [1.54, 1.807) is 23.5 Å². The molecule has 2 rings (SSSR count). The molecule has 1 amide bonds. The third-order valence-corrected chi connectivity index (χ3v) is 3.19. The highest BCUT2D eigenvalue weighted by molar-refractivity contribution is 5.94. The van der Waals surface area contributed by atoms with Crippen molar-refractivity contribution in [1.29, 1.82) is 0 Å². The second-order valence-corrected chi connectivity index (χ2v) is 4.90. The number of aryl methyl sites for hydroxylation is 1. The van der Waals surface area contributed by atoms with Gasteiger partial charge in [-0.3, -0.25) is 9.59 Å². The quantitative estimate of drug-likeness (QED) is 0.845. The monoisotopic (exact) mass is 313 g/mol. The smallest absolute Gasteiger partial charge is 0.398 e. The molecule has 1 aromatic carbocycles. The lowest BCUT2D eigenvalue weighted by Crippen LogP contribution is -2.37. The molecule has 0 saturated heterocycles. The number of nitrogens with zero attached hydrogens (tertiary/aromatic N) is 1. The van der Waals surface area contributed by atoms with E-state index in [-0.39, 0.29) is 11.1 Å². The molecular formula is C14H14F3N3O2. The van der Waals surface area contributed by atoms with Crippen LogP contribution < -0.4 is 16.6 Å². The molecular weight excluding hydrogens is 299 g/mol. The van der Waals surface area contributed by atoms with Gasteiger partial charge in [-0.25, -0.2) is 0 Å². The maximum atomic E-state index is 12.3. The highest BCUT2D eigenvalue weighted by Gasteiger charge is 2.27. The zero-order chi connectivity index (χ0) is 16.5. The number of nitrogens with two attached hydrogens (primary N) is 1. The van der Waals surface area contributed by atoms with Gasteiger partial charge in [-0.1, -0.05) is 6.07 Å². The van der Waals surface area contributed by atoms with Crippen LogP contribution in [0.3, 0.4) is 0 Å². The molecule has 8 heteroatoms. The van der Waals surface area contributed by atoms with E-state index in [1.165, 1.54) is 6.20 Å². The molecule has 0 aliphatic rings. The average molecular weight is 313 g/mol. The summed E-state index contributed by atoms with van der Waals surface area (Å²) in [5, 5.41) is 2.62. The number of hydrogen-bond acceptors (Lipinski definition) is 3. The first-order valence-electron chi connectivity index (χ1n) is 6.41. The molecule has 3 N–H and O–H groups in total. The van der Waals surface area contributed by atoms with Crippen LogP contribution in [0.25, 0.3) is 10.8 Å². The van der Waals surface area contributed by atoms with Crippen molar-refractivity contribution in [3.8, 4) is 0 Å². The fourth-order valence-electron chi connectivity index (χ4n) is 2.10. The van der Waals surface area contributed by atoms with Crippen molar-refractivity contribution in [2.24, 2.45) is 0 Å². The molecule has 0 aliphatic carbocycles. The van der Waals surface area contributed by atoms with Gasteiger partial charge in [0.1, 0.15) is 13.1 Å². The number of nitrogens with one attached hydrogen (secondary N) is 1. The Morgan fingerprint density at radius 3 is 2.64 bits per heavy atom. The van der Waals surface area contributed by atoms with Gasteiger partial charge in [0, 0.05) is 11.9 Å². The van der Waals surface area contributed by atoms with Crippen LogP contribution in [0.15, 0.2) is 29.2 Å². The van der Waals surface area contributed by atoms with Crippen molar-refractivity contribution in [1.82, 2.24) is 9.88 Å². The van der Waals surface area contributed by atoms with E-state index in [1.807, 2.05) is 6.92 Å². The van der Waals surface area contributed by atoms with Crippen LogP contribution in [0.5, 0.6) is 0 Å². The van der Waals surface area contributed by atoms with Gasteiger partial charge in [-0.05, 0) is 30.0 Å². The van der Waals surface area contributed by atoms with E-state index >= 15 is 0 Å². The number of alkyl halides is 3. The Labute approximate surface area is 123 Å². The summed E-state index contributed by atoms with van der Waals surface area (Å²) in [7, 11) is 0. The van der Waals surface area contributed by atoms with Crippen LogP contribution in [0.1, 0.15) is 5.56 Å². The second kappa shape index (κ2) is 5.70. The van der Waals surface area contributed by atoms with E-state index in [9.17, 15) is 22.8 Å². The number of fused-ring (bicyclic) bond motifs is 1. The number of benzene rings is 1. The molecule has 0 unspecified atom stereocenters. The van der Waals surface area contributed by atoms with E-state index in [0.717, 1.165) is 10.1 Å². The Kier molecular flexibility index (Phi) is 4.11. The lowest BCUT2D eigenvalue weighted by atomic mass is 10.1. The number of halogens is 3. The minimum absolute atomic E-state index is 0.256. The van der Waals surface area contributed by atoms with E-state index < -0.39 is 30.7 Å². The fourth-order valence-corrected chi connectivity index (χ4v) is 2.10. The zero-order valence-electron chi connectivity index (χ0n) is 11.7. The summed E-state index contributed by atoms with van der Waals surface area (Å²) in [4.78, 5) is 23.8. The summed E-state index contributed by atoms with van der Waals surface area (Å²) in [5.74, 6) is -0.898. The lowest BCUT2D eigenvalue weighted by Gasteiger charge is -2.11. The van der Waals surface area contributed by atoms with E-state index in [4.69, 9.17) is 5.73 Å². The molecule has 0 radical (unpaired) electrons. The number of nitrogen functional groups attached to an aromatic ring is 1. The van der Waals surface area contributed by atoms with Crippen LogP contribution in [-0.2, 0) is 11.3 Å². The molecule has 5 nitrogen and oxygen atoms in total. The molecule has 2 aromatic rings. The average Bonchev–Trinajstić information content (AvgIpc) is 2.42. The minimum atomic E-state index is -4.49. The number of hydrogen-bond donors (Lipinski definition) is 2. The largest absolute Gasteiger partial charge is 0.405 e. The highest BCUT2D eigenvalue weighted by Crippen LogP contribution is 2.20. The van der Waals surface area contributed by atoms with Gasteiger partial charge in [-0.15, -0.1) is 0 Å². The topological polar surface area (TPSA) is 77.1 Å². The van der Waals surface area contributed by atoms with Gasteiger partial charge in [0.2, 0.25) is 5.91 Å². The van der Waals surface area contributed by atoms with E-state index in [2.05, 4.69) is 0 Å². The molecule has 1 aromatic heterocycles. The van der Waals surface area contributed by atoms with Crippen LogP contribution in [-0.4, -0.2) is 23.2 Å². The molecule has 0 fully saturated rings. The number of pyridine rings is 1. The van der Waals surface area contributed by atoms with Crippen molar-refractivity contribution in [3.05, 3.63) is 40.3 Å². The predicted octanol–water partition coefficient (Wildman–Crippen LogP) is 1.57. The molecule has 0 spiro atoms. The Bertz CT molecular complexity index is 781. The molecule has 0 saturated carbocycles. The molecule has 22 heavy (non-hydrogen) atoms. The summed E-state index contributed by atoms with van der Waals surface area (Å²) < 4.78 is 37.2. The first-order valence-corrected chi connectivity index (χ1v) is 6.41. The molecule has 1 heterocycles. The Balaban J connectivity index is 2.30. The van der Waals surface area contributed by atoms with Gasteiger partial charge < -0.3 is 15.6 Å². The van der Waals surface area contributed by atoms with E-state index in [0.29, 0.717) is 5.39 Å². The number of carbonyl (C=O) groups excluding carboxylic acids is 1. The number of carbonyl (C=O) groups is 1. The molecule has 0 aliphatic heterocycles. The maximum Gasteiger partial charge on any atom is 0.405 e.